The third kappa shape index (κ3) is 43.4. The van der Waals surface area contributed by atoms with E-state index >= 15 is 0 Å². The molecule has 0 aliphatic carbocycles. The van der Waals surface area contributed by atoms with Crippen LogP contribution in [0.3, 0.4) is 0 Å². The average molecular weight is 155 g/mol. The van der Waals surface area contributed by atoms with E-state index in [4.69, 9.17) is 0 Å². The summed E-state index contributed by atoms with van der Waals surface area (Å²) in [6, 6.07) is 0. The van der Waals surface area contributed by atoms with E-state index in [9.17, 15) is 0 Å². The Morgan fingerprint density at radius 2 is 0.600 bits per heavy atom. The first-order valence-corrected chi connectivity index (χ1v) is 0. The molecule has 0 aromatic rings. The van der Waals surface area contributed by atoms with Gasteiger partial charge in [-0.3, -0.25) is 0 Å². The Hall–Kier alpha value is 1.03. The van der Waals surface area contributed by atoms with Crippen LogP contribution in [-0.4, -0.2) is 0 Å². The largest absolute Gasteiger partial charge is 6.00 e. The summed E-state index contributed by atoms with van der Waals surface area (Å²) in [5, 5.41) is 0. The third-order valence-corrected chi connectivity index (χ3v) is 0. The molecule has 0 saturated heterocycles. The van der Waals surface area contributed by atoms with Crippen LogP contribution in [-0.2, 0) is 28.3 Å². The van der Waals surface area contributed by atoms with Gasteiger partial charge < -0.3 is 35.8 Å². The van der Waals surface area contributed by atoms with Gasteiger partial charge in [0.15, 0.2) is 0 Å². The standard InChI is InChI=1S/2ClH.Cr.2O/h2*1H;;;/q;;+6;2*-2/p-2. The molecule has 5 heteroatoms. The fourth-order valence-corrected chi connectivity index (χ4v) is 0. The minimum absolute atomic E-state index is 0. The van der Waals surface area contributed by atoms with Crippen LogP contribution < -0.4 is 24.8 Å². The van der Waals surface area contributed by atoms with Crippen LogP contribution in [0.1, 0.15) is 0 Å². The molecule has 2 nitrogen and oxygen atoms in total. The van der Waals surface area contributed by atoms with Crippen LogP contribution in [0.15, 0.2) is 0 Å². The molecule has 5 heavy (non-hydrogen) atoms. The first-order valence-electron chi connectivity index (χ1n) is 0. The molecular formula is Cl2CrO2. The summed E-state index contributed by atoms with van der Waals surface area (Å²) in [6.07, 6.45) is 0. The molecule has 0 spiro atoms. The Bertz CT molecular complexity index is 7.61. The smallest absolute Gasteiger partial charge is 2.00 e. The van der Waals surface area contributed by atoms with E-state index in [1.54, 1.807) is 0 Å². The number of rotatable bonds is 0. The zero-order chi connectivity index (χ0) is 0. The summed E-state index contributed by atoms with van der Waals surface area (Å²) in [6.45, 7) is 0. The van der Waals surface area contributed by atoms with Crippen molar-refractivity contribution < 1.29 is 53.1 Å². The Morgan fingerprint density at radius 3 is 0.600 bits per heavy atom. The summed E-state index contributed by atoms with van der Waals surface area (Å²) in [4.78, 5) is 0. The van der Waals surface area contributed by atoms with Gasteiger partial charge in [0.25, 0.3) is 0 Å². The normalized spacial score (nSPS) is 0. The second-order valence-electron chi connectivity index (χ2n) is 0. The van der Waals surface area contributed by atoms with Gasteiger partial charge in [-0.1, -0.05) is 0 Å². The molecule has 0 rings (SSSR count). The molecule has 0 fully saturated rings. The maximum Gasteiger partial charge on any atom is 6.00 e. The molecule has 0 radical (unpaired) electrons. The monoisotopic (exact) mass is 154 g/mol. The first kappa shape index (κ1) is 143. The van der Waals surface area contributed by atoms with E-state index in [-0.39, 0.29) is 53.1 Å². The molecule has 0 aliphatic rings. The second-order valence-corrected chi connectivity index (χ2v) is 0. The zero-order valence-electron chi connectivity index (χ0n) is 1.98. The molecule has 0 aromatic carbocycles. The maximum absolute atomic E-state index is 0. The summed E-state index contributed by atoms with van der Waals surface area (Å²) in [7, 11) is 0. The molecule has 0 atom stereocenters. The van der Waals surface area contributed by atoms with Crippen molar-refractivity contribution in [3.8, 4) is 0 Å². The van der Waals surface area contributed by atoms with E-state index in [2.05, 4.69) is 0 Å². The Morgan fingerprint density at radius 1 is 0.600 bits per heavy atom. The van der Waals surface area contributed by atoms with Crippen molar-refractivity contribution >= 4 is 0 Å². The van der Waals surface area contributed by atoms with Crippen LogP contribution >= 0.6 is 0 Å². The van der Waals surface area contributed by atoms with Crippen molar-refractivity contribution in [1.82, 2.24) is 0 Å². The molecular weight excluding hydrogens is 155 g/mol. The van der Waals surface area contributed by atoms with Gasteiger partial charge in [0.05, 0.1) is 0 Å². The third-order valence-electron chi connectivity index (χ3n) is 0. The van der Waals surface area contributed by atoms with Gasteiger partial charge in [0.2, 0.25) is 0 Å². The predicted octanol–water partition coefficient (Wildman–Crippen LogP) is -6.23. The van der Waals surface area contributed by atoms with Crippen molar-refractivity contribution in [3.05, 3.63) is 0 Å². The number of hydrogen-bond acceptors (Lipinski definition) is 0. The first-order chi connectivity index (χ1) is 0. The summed E-state index contributed by atoms with van der Waals surface area (Å²) >= 11 is 0. The zero-order valence-corrected chi connectivity index (χ0v) is 4.77. The maximum atomic E-state index is 0. The number of halogens is 2. The van der Waals surface area contributed by atoms with Crippen molar-refractivity contribution in [2.75, 3.05) is 0 Å². The topological polar surface area (TPSA) is 57.0 Å². The van der Waals surface area contributed by atoms with Gasteiger partial charge in [0, 0.05) is 0 Å². The molecule has 0 heterocycles. The Balaban J connectivity index is 0. The van der Waals surface area contributed by atoms with Crippen molar-refractivity contribution in [2.45, 2.75) is 0 Å². The SMILES string of the molecule is [Cl-].[Cl-].[Cr+6].[O-2].[O-2]. The molecule has 32 valence electrons. The minimum atomic E-state index is 0. The van der Waals surface area contributed by atoms with Crippen molar-refractivity contribution in [2.24, 2.45) is 0 Å². The molecule has 0 unspecified atom stereocenters. The van der Waals surface area contributed by atoms with Gasteiger partial charge in [-0.05, 0) is 0 Å². The Labute approximate surface area is 53.5 Å². The van der Waals surface area contributed by atoms with Crippen molar-refractivity contribution in [1.29, 1.82) is 0 Å². The average Bonchev–Trinajstić information content (AvgIpc) is 0. The van der Waals surface area contributed by atoms with E-state index in [0.717, 1.165) is 0 Å². The predicted molar refractivity (Wildman–Crippen MR) is 1.37 cm³/mol. The Kier molecular flexibility index (Phi) is 2200. The molecule has 0 N–H and O–H groups in total. The summed E-state index contributed by atoms with van der Waals surface area (Å²) in [5.74, 6) is 0. The molecule has 0 aliphatic heterocycles. The fourth-order valence-electron chi connectivity index (χ4n) is 0. The van der Waals surface area contributed by atoms with Crippen LogP contribution in [0.2, 0.25) is 0 Å². The van der Waals surface area contributed by atoms with Gasteiger partial charge in [-0.2, -0.15) is 0 Å². The van der Waals surface area contributed by atoms with E-state index < -0.39 is 0 Å². The molecule has 0 saturated carbocycles. The summed E-state index contributed by atoms with van der Waals surface area (Å²) < 4.78 is 0. The quantitative estimate of drug-likeness (QED) is 0.334. The van der Waals surface area contributed by atoms with Crippen molar-refractivity contribution in [3.63, 3.8) is 0 Å². The van der Waals surface area contributed by atoms with Crippen LogP contribution in [0.5, 0.6) is 0 Å². The van der Waals surface area contributed by atoms with Gasteiger partial charge >= 0.3 is 17.4 Å². The number of hydrogen-bond donors (Lipinski definition) is 0. The van der Waals surface area contributed by atoms with E-state index in [1.807, 2.05) is 0 Å². The second kappa shape index (κ2) is 76.8. The van der Waals surface area contributed by atoms with Gasteiger partial charge in [-0.15, -0.1) is 0 Å². The summed E-state index contributed by atoms with van der Waals surface area (Å²) in [5.41, 5.74) is 0. The fraction of sp³-hybridized carbons (Fsp3) is 0. The van der Waals surface area contributed by atoms with E-state index in [0.29, 0.717) is 0 Å². The van der Waals surface area contributed by atoms with Gasteiger partial charge in [-0.25, -0.2) is 0 Å². The van der Waals surface area contributed by atoms with Crippen LogP contribution in [0.4, 0.5) is 0 Å². The molecule has 0 amide bonds. The van der Waals surface area contributed by atoms with E-state index in [1.165, 1.54) is 0 Å². The van der Waals surface area contributed by atoms with Crippen LogP contribution in [0, 0.1) is 0 Å². The van der Waals surface area contributed by atoms with Crippen LogP contribution in [0.25, 0.3) is 0 Å². The van der Waals surface area contributed by atoms with Gasteiger partial charge in [0.1, 0.15) is 0 Å². The molecule has 0 bridgehead atoms. The minimum Gasteiger partial charge on any atom is -2.00 e. The molecule has 0 aromatic heterocycles.